The third kappa shape index (κ3) is 4.44. The highest BCUT2D eigenvalue weighted by Gasteiger charge is 2.35. The number of hydrogen-bond acceptors (Lipinski definition) is 4. The van der Waals surface area contributed by atoms with Crippen LogP contribution in [0.1, 0.15) is 26.8 Å². The summed E-state index contributed by atoms with van der Waals surface area (Å²) >= 11 is 1.57. The molecule has 1 aliphatic rings. The van der Waals surface area contributed by atoms with Crippen molar-refractivity contribution < 1.29 is 22.7 Å². The number of carbonyl (C=O) groups excluding carboxylic acids is 1. The zero-order valence-electron chi connectivity index (χ0n) is 14.0. The molecular weight excluding hydrogens is 365 g/mol. The molecule has 2 aromatic rings. The second kappa shape index (κ2) is 8.20. The first-order chi connectivity index (χ1) is 12.5. The lowest BCUT2D eigenvalue weighted by Gasteiger charge is -2.34. The fourth-order valence-corrected chi connectivity index (χ4v) is 3.85. The van der Waals surface area contributed by atoms with Gasteiger partial charge in [-0.25, -0.2) is 0 Å². The highest BCUT2D eigenvalue weighted by atomic mass is 32.1. The summed E-state index contributed by atoms with van der Waals surface area (Å²) in [6.45, 7) is 2.89. The van der Waals surface area contributed by atoms with E-state index >= 15 is 0 Å². The first-order valence-corrected chi connectivity index (χ1v) is 9.14. The number of nitrogens with zero attached hydrogens (tertiary/aromatic N) is 1. The summed E-state index contributed by atoms with van der Waals surface area (Å²) in [5, 5.41) is 4.63. The van der Waals surface area contributed by atoms with Gasteiger partial charge in [0.05, 0.1) is 30.4 Å². The minimum absolute atomic E-state index is 0.0825. The quantitative estimate of drug-likeness (QED) is 0.857. The number of hydrogen-bond donors (Lipinski definition) is 1. The Morgan fingerprint density at radius 3 is 2.58 bits per heavy atom. The van der Waals surface area contributed by atoms with Crippen LogP contribution in [0.4, 0.5) is 13.2 Å². The summed E-state index contributed by atoms with van der Waals surface area (Å²) in [6.07, 6.45) is -4.56. The summed E-state index contributed by atoms with van der Waals surface area (Å²) in [4.78, 5) is 15.7. The minimum atomic E-state index is -4.56. The molecule has 0 aliphatic carbocycles. The van der Waals surface area contributed by atoms with E-state index in [0.29, 0.717) is 13.2 Å². The van der Waals surface area contributed by atoms with Crippen molar-refractivity contribution in [1.29, 1.82) is 0 Å². The van der Waals surface area contributed by atoms with E-state index in [9.17, 15) is 18.0 Å². The number of halogens is 3. The molecule has 1 fully saturated rings. The number of carbonyl (C=O) groups is 1. The van der Waals surface area contributed by atoms with Gasteiger partial charge >= 0.3 is 6.18 Å². The van der Waals surface area contributed by atoms with Crippen LogP contribution in [-0.2, 0) is 10.9 Å². The van der Waals surface area contributed by atoms with Crippen LogP contribution in [-0.4, -0.2) is 43.7 Å². The van der Waals surface area contributed by atoms with Crippen molar-refractivity contribution in [3.63, 3.8) is 0 Å². The maximum Gasteiger partial charge on any atom is 0.417 e. The van der Waals surface area contributed by atoms with Gasteiger partial charge in [-0.05, 0) is 23.6 Å². The Morgan fingerprint density at radius 1 is 1.19 bits per heavy atom. The molecule has 0 saturated carbocycles. The van der Waals surface area contributed by atoms with Crippen molar-refractivity contribution in [2.75, 3.05) is 32.8 Å². The van der Waals surface area contributed by atoms with Gasteiger partial charge in [0.2, 0.25) is 0 Å². The predicted octanol–water partition coefficient (Wildman–Crippen LogP) is 3.57. The fourth-order valence-electron chi connectivity index (χ4n) is 2.99. The number of morpholine rings is 1. The normalized spacial score (nSPS) is 17.0. The second-order valence-corrected chi connectivity index (χ2v) is 6.91. The van der Waals surface area contributed by atoms with E-state index in [0.717, 1.165) is 24.0 Å². The molecule has 140 valence electrons. The minimum Gasteiger partial charge on any atom is -0.379 e. The van der Waals surface area contributed by atoms with Crippen LogP contribution in [0.2, 0.25) is 0 Å². The molecule has 1 saturated heterocycles. The number of thiophene rings is 1. The molecule has 0 unspecified atom stereocenters. The topological polar surface area (TPSA) is 41.6 Å². The Hall–Kier alpha value is -1.90. The molecule has 1 aromatic heterocycles. The van der Waals surface area contributed by atoms with Gasteiger partial charge in [-0.3, -0.25) is 9.69 Å². The smallest absolute Gasteiger partial charge is 0.379 e. The maximum absolute atomic E-state index is 13.1. The number of amides is 1. The van der Waals surface area contributed by atoms with Crippen LogP contribution in [0, 0.1) is 0 Å². The second-order valence-electron chi connectivity index (χ2n) is 5.93. The van der Waals surface area contributed by atoms with E-state index < -0.39 is 17.6 Å². The summed E-state index contributed by atoms with van der Waals surface area (Å²) < 4.78 is 44.7. The lowest BCUT2D eigenvalue weighted by molar-refractivity contribution is -0.137. The molecule has 1 amide bonds. The fraction of sp³-hybridized carbons (Fsp3) is 0.389. The lowest BCUT2D eigenvalue weighted by atomic mass is 10.1. The molecule has 4 nitrogen and oxygen atoms in total. The zero-order valence-corrected chi connectivity index (χ0v) is 14.8. The highest BCUT2D eigenvalue weighted by Crippen LogP contribution is 2.32. The Morgan fingerprint density at radius 2 is 1.92 bits per heavy atom. The van der Waals surface area contributed by atoms with E-state index in [-0.39, 0.29) is 18.2 Å². The van der Waals surface area contributed by atoms with Crippen molar-refractivity contribution in [3.05, 3.63) is 57.8 Å². The largest absolute Gasteiger partial charge is 0.417 e. The van der Waals surface area contributed by atoms with Gasteiger partial charge in [0.1, 0.15) is 0 Å². The molecule has 0 spiro atoms. The van der Waals surface area contributed by atoms with E-state index in [1.54, 1.807) is 11.3 Å². The monoisotopic (exact) mass is 384 g/mol. The highest BCUT2D eigenvalue weighted by molar-refractivity contribution is 7.10. The van der Waals surface area contributed by atoms with Crippen molar-refractivity contribution in [3.8, 4) is 0 Å². The third-order valence-electron chi connectivity index (χ3n) is 4.29. The molecule has 26 heavy (non-hydrogen) atoms. The average molecular weight is 384 g/mol. The first-order valence-electron chi connectivity index (χ1n) is 8.26. The van der Waals surface area contributed by atoms with Gasteiger partial charge < -0.3 is 10.1 Å². The average Bonchev–Trinajstić information content (AvgIpc) is 3.16. The van der Waals surface area contributed by atoms with Crippen LogP contribution >= 0.6 is 11.3 Å². The van der Waals surface area contributed by atoms with E-state index in [1.807, 2.05) is 17.5 Å². The Kier molecular flexibility index (Phi) is 5.95. The van der Waals surface area contributed by atoms with E-state index in [2.05, 4.69) is 10.2 Å². The van der Waals surface area contributed by atoms with Crippen LogP contribution in [0.25, 0.3) is 0 Å². The van der Waals surface area contributed by atoms with Gasteiger partial charge in [-0.15, -0.1) is 11.3 Å². The number of ether oxygens (including phenoxy) is 1. The maximum atomic E-state index is 13.1. The van der Waals surface area contributed by atoms with Gasteiger partial charge in [0.25, 0.3) is 5.91 Å². The van der Waals surface area contributed by atoms with Gasteiger partial charge in [0, 0.05) is 24.5 Å². The number of nitrogens with one attached hydrogen (secondary N) is 1. The van der Waals surface area contributed by atoms with Crippen molar-refractivity contribution in [1.82, 2.24) is 10.2 Å². The van der Waals surface area contributed by atoms with Gasteiger partial charge in [-0.2, -0.15) is 13.2 Å². The van der Waals surface area contributed by atoms with Crippen molar-refractivity contribution in [2.45, 2.75) is 12.2 Å². The van der Waals surface area contributed by atoms with Crippen molar-refractivity contribution in [2.24, 2.45) is 0 Å². The van der Waals surface area contributed by atoms with E-state index in [1.165, 1.54) is 18.2 Å². The molecule has 3 rings (SSSR count). The van der Waals surface area contributed by atoms with Crippen LogP contribution in [0.3, 0.4) is 0 Å². The number of benzene rings is 1. The third-order valence-corrected chi connectivity index (χ3v) is 5.26. The number of rotatable bonds is 5. The molecule has 8 heteroatoms. The van der Waals surface area contributed by atoms with Crippen LogP contribution < -0.4 is 5.32 Å². The van der Waals surface area contributed by atoms with Crippen molar-refractivity contribution >= 4 is 17.2 Å². The van der Waals surface area contributed by atoms with Crippen LogP contribution in [0.15, 0.2) is 41.8 Å². The summed E-state index contributed by atoms with van der Waals surface area (Å²) in [5.41, 5.74) is -1.27. The summed E-state index contributed by atoms with van der Waals surface area (Å²) in [5.74, 6) is -0.715. The predicted molar refractivity (Wildman–Crippen MR) is 93.2 cm³/mol. The molecule has 1 atom stereocenters. The molecule has 1 aliphatic heterocycles. The molecule has 0 bridgehead atoms. The van der Waals surface area contributed by atoms with Gasteiger partial charge in [0.15, 0.2) is 0 Å². The number of alkyl halides is 3. The SMILES string of the molecule is O=C(NC[C@H](c1cccs1)N1CCOCC1)c1ccccc1C(F)(F)F. The standard InChI is InChI=1S/C18H19F3N2O2S/c19-18(20,21)14-5-2-1-4-13(14)17(24)22-12-15(16-6-3-11-26-16)23-7-9-25-10-8-23/h1-6,11,15H,7-10,12H2,(H,22,24)/t15-/m1/s1. The lowest BCUT2D eigenvalue weighted by Crippen LogP contribution is -2.43. The molecule has 1 N–H and O–H groups in total. The first kappa shape index (κ1) is 18.9. The molecular formula is C18H19F3N2O2S. The van der Waals surface area contributed by atoms with Gasteiger partial charge in [-0.1, -0.05) is 18.2 Å². The van der Waals surface area contributed by atoms with E-state index in [4.69, 9.17) is 4.74 Å². The molecule has 0 radical (unpaired) electrons. The Balaban J connectivity index is 1.74. The van der Waals surface area contributed by atoms with Crippen LogP contribution in [0.5, 0.6) is 0 Å². The Bertz CT molecular complexity index is 728. The molecule has 1 aromatic carbocycles. The summed E-state index contributed by atoms with van der Waals surface area (Å²) in [7, 11) is 0. The molecule has 2 heterocycles. The Labute approximate surface area is 153 Å². The summed E-state index contributed by atoms with van der Waals surface area (Å²) in [6, 6.07) is 8.65. The zero-order chi connectivity index (χ0) is 18.6.